The molecular weight excluding hydrogens is 403 g/mol. The predicted octanol–water partition coefficient (Wildman–Crippen LogP) is 1.93. The molecule has 3 N–H and O–H groups in total. The van der Waals surface area contributed by atoms with E-state index in [1.54, 1.807) is 6.07 Å². The molecular formula is C15H14BrFN2O4S. The monoisotopic (exact) mass is 416 g/mol. The Bertz CT molecular complexity index is 841. The largest absolute Gasteiger partial charge is 0.481 e. The Morgan fingerprint density at radius 3 is 2.46 bits per heavy atom. The average molecular weight is 417 g/mol. The van der Waals surface area contributed by atoms with E-state index in [9.17, 15) is 17.6 Å². The highest BCUT2D eigenvalue weighted by molar-refractivity contribution is 9.10. The maximum absolute atomic E-state index is 13.5. The first-order valence-electron chi connectivity index (χ1n) is 6.72. The maximum Gasteiger partial charge on any atom is 0.258 e. The molecule has 2 aromatic carbocycles. The number of primary sulfonamides is 1. The van der Waals surface area contributed by atoms with E-state index in [0.29, 0.717) is 10.0 Å². The van der Waals surface area contributed by atoms with E-state index in [4.69, 9.17) is 9.88 Å². The predicted molar refractivity (Wildman–Crippen MR) is 89.3 cm³/mol. The van der Waals surface area contributed by atoms with Crippen molar-refractivity contribution in [1.29, 1.82) is 0 Å². The zero-order chi connectivity index (χ0) is 17.7. The van der Waals surface area contributed by atoms with Crippen LogP contribution < -0.4 is 15.2 Å². The van der Waals surface area contributed by atoms with Gasteiger partial charge in [0.05, 0.1) is 4.90 Å². The minimum absolute atomic E-state index is 0.00776. The Labute approximate surface area is 147 Å². The van der Waals surface area contributed by atoms with Crippen LogP contribution in [-0.2, 0) is 21.4 Å². The zero-order valence-corrected chi connectivity index (χ0v) is 14.7. The van der Waals surface area contributed by atoms with Gasteiger partial charge in [-0.25, -0.2) is 17.9 Å². The van der Waals surface area contributed by atoms with Gasteiger partial charge in [-0.3, -0.25) is 4.79 Å². The zero-order valence-electron chi connectivity index (χ0n) is 12.3. The van der Waals surface area contributed by atoms with Crippen LogP contribution in [0.15, 0.2) is 51.8 Å². The van der Waals surface area contributed by atoms with Crippen LogP contribution in [0.4, 0.5) is 4.39 Å². The number of halogens is 2. The molecule has 0 fully saturated rings. The van der Waals surface area contributed by atoms with Crippen LogP contribution in [0.5, 0.6) is 5.75 Å². The first kappa shape index (κ1) is 18.4. The van der Waals surface area contributed by atoms with Gasteiger partial charge in [-0.05, 0) is 35.9 Å². The number of hydrogen-bond donors (Lipinski definition) is 2. The molecule has 24 heavy (non-hydrogen) atoms. The number of nitrogens with one attached hydrogen (secondary N) is 1. The van der Waals surface area contributed by atoms with E-state index < -0.39 is 21.7 Å². The van der Waals surface area contributed by atoms with Gasteiger partial charge in [0.15, 0.2) is 18.2 Å². The van der Waals surface area contributed by atoms with Crippen molar-refractivity contribution < 1.29 is 22.3 Å². The Morgan fingerprint density at radius 1 is 1.21 bits per heavy atom. The molecule has 0 aliphatic heterocycles. The van der Waals surface area contributed by atoms with E-state index in [-0.39, 0.29) is 23.8 Å². The number of carbonyl (C=O) groups excluding carboxylic acids is 1. The van der Waals surface area contributed by atoms with Crippen molar-refractivity contribution in [2.45, 2.75) is 11.4 Å². The van der Waals surface area contributed by atoms with Gasteiger partial charge >= 0.3 is 0 Å². The van der Waals surface area contributed by atoms with E-state index in [1.807, 2.05) is 0 Å². The summed E-state index contributed by atoms with van der Waals surface area (Å²) in [4.78, 5) is 11.7. The molecule has 0 unspecified atom stereocenters. The molecule has 0 aromatic heterocycles. The second-order valence-electron chi connectivity index (χ2n) is 4.83. The molecule has 0 saturated carbocycles. The van der Waals surface area contributed by atoms with Crippen LogP contribution in [0.2, 0.25) is 0 Å². The lowest BCUT2D eigenvalue weighted by Gasteiger charge is -2.09. The van der Waals surface area contributed by atoms with Gasteiger partial charge in [-0.1, -0.05) is 28.1 Å². The second-order valence-corrected chi connectivity index (χ2v) is 7.31. The summed E-state index contributed by atoms with van der Waals surface area (Å²) in [6.45, 7) is -0.163. The number of hydrogen-bond acceptors (Lipinski definition) is 4. The normalized spacial score (nSPS) is 11.1. The van der Waals surface area contributed by atoms with Crippen LogP contribution >= 0.6 is 15.9 Å². The van der Waals surface area contributed by atoms with Crippen molar-refractivity contribution in [3.8, 4) is 5.75 Å². The van der Waals surface area contributed by atoms with Crippen molar-refractivity contribution in [2.24, 2.45) is 5.14 Å². The standard InChI is InChI=1S/C15H14BrFN2O4S/c16-11-3-6-14(13(17)7-11)23-9-15(20)19-8-10-1-4-12(5-2-10)24(18,21)22/h1-7H,8-9H2,(H,19,20)(H2,18,21,22). The highest BCUT2D eigenvalue weighted by Gasteiger charge is 2.09. The van der Waals surface area contributed by atoms with E-state index in [0.717, 1.165) is 0 Å². The Kier molecular flexibility index (Phi) is 5.92. The molecule has 0 bridgehead atoms. The minimum Gasteiger partial charge on any atom is -0.481 e. The average Bonchev–Trinajstić information content (AvgIpc) is 2.51. The number of rotatable bonds is 6. The van der Waals surface area contributed by atoms with Crippen molar-refractivity contribution >= 4 is 31.9 Å². The van der Waals surface area contributed by atoms with Crippen molar-refractivity contribution in [3.05, 3.63) is 58.3 Å². The van der Waals surface area contributed by atoms with Crippen molar-refractivity contribution in [3.63, 3.8) is 0 Å². The van der Waals surface area contributed by atoms with Crippen LogP contribution in [0.25, 0.3) is 0 Å². The van der Waals surface area contributed by atoms with Crippen LogP contribution in [0.3, 0.4) is 0 Å². The lowest BCUT2D eigenvalue weighted by Crippen LogP contribution is -2.28. The summed E-state index contributed by atoms with van der Waals surface area (Å²) in [5, 5.41) is 7.58. The topological polar surface area (TPSA) is 98.5 Å². The molecule has 128 valence electrons. The summed E-state index contributed by atoms with van der Waals surface area (Å²) in [6, 6.07) is 10.0. The third kappa shape index (κ3) is 5.29. The summed E-state index contributed by atoms with van der Waals surface area (Å²) in [5.74, 6) is -1.03. The Morgan fingerprint density at radius 2 is 1.88 bits per heavy atom. The van der Waals surface area contributed by atoms with Crippen molar-refractivity contribution in [1.82, 2.24) is 5.32 Å². The fourth-order valence-electron chi connectivity index (χ4n) is 1.78. The molecule has 6 nitrogen and oxygen atoms in total. The molecule has 0 aliphatic carbocycles. The first-order chi connectivity index (χ1) is 11.3. The molecule has 1 amide bonds. The number of sulfonamides is 1. The third-order valence-corrected chi connectivity index (χ3v) is 4.42. The molecule has 0 aliphatic rings. The van der Waals surface area contributed by atoms with Crippen molar-refractivity contribution in [2.75, 3.05) is 6.61 Å². The summed E-state index contributed by atoms with van der Waals surface area (Å²) in [6.07, 6.45) is 0. The summed E-state index contributed by atoms with van der Waals surface area (Å²) in [7, 11) is -3.74. The van der Waals surface area contributed by atoms with E-state index >= 15 is 0 Å². The van der Waals surface area contributed by atoms with Gasteiger partial charge in [-0.2, -0.15) is 0 Å². The van der Waals surface area contributed by atoms with Gasteiger partial charge in [0.1, 0.15) is 0 Å². The summed E-state index contributed by atoms with van der Waals surface area (Å²) < 4.78 is 41.5. The van der Waals surface area contributed by atoms with Gasteiger partial charge in [0.25, 0.3) is 5.91 Å². The molecule has 9 heteroatoms. The maximum atomic E-state index is 13.5. The van der Waals surface area contributed by atoms with E-state index in [2.05, 4.69) is 21.2 Å². The molecule has 2 aromatic rings. The molecule has 0 atom stereocenters. The number of benzene rings is 2. The Balaban J connectivity index is 1.85. The fourth-order valence-corrected chi connectivity index (χ4v) is 2.63. The van der Waals surface area contributed by atoms with E-state index in [1.165, 1.54) is 36.4 Å². The fraction of sp³-hybridized carbons (Fsp3) is 0.133. The molecule has 2 rings (SSSR count). The van der Waals surface area contributed by atoms with Crippen LogP contribution in [0, 0.1) is 5.82 Å². The van der Waals surface area contributed by atoms with Gasteiger partial charge < -0.3 is 10.1 Å². The molecule has 0 saturated heterocycles. The van der Waals surface area contributed by atoms with Crippen LogP contribution in [0.1, 0.15) is 5.56 Å². The highest BCUT2D eigenvalue weighted by Crippen LogP contribution is 2.21. The number of amides is 1. The smallest absolute Gasteiger partial charge is 0.258 e. The quantitative estimate of drug-likeness (QED) is 0.751. The van der Waals surface area contributed by atoms with Crippen LogP contribution in [-0.4, -0.2) is 20.9 Å². The minimum atomic E-state index is -3.74. The lowest BCUT2D eigenvalue weighted by atomic mass is 10.2. The molecule has 0 heterocycles. The Hall–Kier alpha value is -1.97. The summed E-state index contributed by atoms with van der Waals surface area (Å²) >= 11 is 3.12. The van der Waals surface area contributed by atoms with Gasteiger partial charge in [0, 0.05) is 11.0 Å². The van der Waals surface area contributed by atoms with Gasteiger partial charge in [0.2, 0.25) is 10.0 Å². The third-order valence-electron chi connectivity index (χ3n) is 2.99. The number of carbonyl (C=O) groups is 1. The SMILES string of the molecule is NS(=O)(=O)c1ccc(CNC(=O)COc2ccc(Br)cc2F)cc1. The van der Waals surface area contributed by atoms with Gasteiger partial charge in [-0.15, -0.1) is 0 Å². The number of nitrogens with two attached hydrogens (primary N) is 1. The summed E-state index contributed by atoms with van der Waals surface area (Å²) in [5.41, 5.74) is 0.686. The lowest BCUT2D eigenvalue weighted by molar-refractivity contribution is -0.123. The number of ether oxygens (including phenoxy) is 1. The second kappa shape index (κ2) is 7.73. The molecule has 0 spiro atoms. The molecule has 0 radical (unpaired) electrons. The highest BCUT2D eigenvalue weighted by atomic mass is 79.9. The first-order valence-corrected chi connectivity index (χ1v) is 9.06.